The molecule has 2 amide bonds. The number of urea groups is 1. The summed E-state index contributed by atoms with van der Waals surface area (Å²) in [4.78, 5) is 14.9. The van der Waals surface area contributed by atoms with Crippen molar-refractivity contribution in [2.75, 3.05) is 19.9 Å². The Kier molecular flexibility index (Phi) is 5.79. The average Bonchev–Trinajstić information content (AvgIpc) is 3.43. The van der Waals surface area contributed by atoms with E-state index >= 15 is 0 Å². The molecule has 0 spiro atoms. The number of benzene rings is 2. The fraction of sp³-hybridized carbons (Fsp3) is 0.423. The van der Waals surface area contributed by atoms with E-state index in [0.717, 1.165) is 50.3 Å². The summed E-state index contributed by atoms with van der Waals surface area (Å²) in [5.74, 6) is 1.68. The molecule has 0 radical (unpaired) electrons. The molecular weight excluding hydrogens is 402 g/mol. The van der Waals surface area contributed by atoms with Crippen molar-refractivity contribution in [3.05, 3.63) is 72.3 Å². The normalized spacial score (nSPS) is 26.4. The van der Waals surface area contributed by atoms with Crippen molar-refractivity contribution in [2.24, 2.45) is 0 Å². The molecule has 0 bridgehead atoms. The van der Waals surface area contributed by atoms with Gasteiger partial charge in [0.05, 0.1) is 0 Å². The lowest BCUT2D eigenvalue weighted by molar-refractivity contribution is 0.130. The lowest BCUT2D eigenvalue weighted by Gasteiger charge is -2.45. The fourth-order valence-electron chi connectivity index (χ4n) is 5.73. The highest BCUT2D eigenvalue weighted by atomic mass is 16.7. The molecule has 2 aromatic carbocycles. The van der Waals surface area contributed by atoms with Gasteiger partial charge >= 0.3 is 6.03 Å². The number of hydrogen-bond donors (Lipinski definition) is 2. The number of amides is 2. The number of nitrogens with zero attached hydrogens (tertiary/aromatic N) is 1. The smallest absolute Gasteiger partial charge is 0.315 e. The van der Waals surface area contributed by atoms with E-state index < -0.39 is 0 Å². The first-order valence-electron chi connectivity index (χ1n) is 11.5. The third-order valence-corrected chi connectivity index (χ3v) is 7.29. The van der Waals surface area contributed by atoms with Gasteiger partial charge in [0, 0.05) is 30.6 Å². The zero-order valence-electron chi connectivity index (χ0n) is 18.4. The van der Waals surface area contributed by atoms with E-state index in [0.29, 0.717) is 19.4 Å². The Morgan fingerprint density at radius 1 is 1.16 bits per heavy atom. The van der Waals surface area contributed by atoms with Gasteiger partial charge in [0.25, 0.3) is 0 Å². The quantitative estimate of drug-likeness (QED) is 0.677. The molecule has 168 valence electrons. The van der Waals surface area contributed by atoms with Crippen molar-refractivity contribution in [2.45, 2.75) is 49.7 Å². The third kappa shape index (κ3) is 3.95. The molecule has 2 aliphatic heterocycles. The topological polar surface area (TPSA) is 62.8 Å². The molecule has 5 rings (SSSR count). The van der Waals surface area contributed by atoms with Crippen molar-refractivity contribution in [3.8, 4) is 11.5 Å². The average molecular weight is 434 g/mol. The molecule has 1 saturated heterocycles. The van der Waals surface area contributed by atoms with Crippen molar-refractivity contribution >= 4 is 6.03 Å². The van der Waals surface area contributed by atoms with Crippen LogP contribution in [0.25, 0.3) is 0 Å². The van der Waals surface area contributed by atoms with Crippen molar-refractivity contribution in [1.29, 1.82) is 0 Å². The number of carbonyl (C=O) groups excluding carboxylic acids is 1. The van der Waals surface area contributed by atoms with Crippen LogP contribution in [-0.4, -0.2) is 42.9 Å². The molecule has 6 nitrogen and oxygen atoms in total. The van der Waals surface area contributed by atoms with Gasteiger partial charge in [-0.25, -0.2) is 4.79 Å². The molecule has 32 heavy (non-hydrogen) atoms. The predicted molar refractivity (Wildman–Crippen MR) is 124 cm³/mol. The van der Waals surface area contributed by atoms with Gasteiger partial charge in [-0.3, -0.25) is 4.90 Å². The van der Waals surface area contributed by atoms with Crippen LogP contribution in [-0.2, 0) is 12.0 Å². The number of ether oxygens (including phenoxy) is 2. The number of fused-ring (bicyclic) bond motifs is 2. The Bertz CT molecular complexity index is 980. The minimum Gasteiger partial charge on any atom is -0.454 e. The van der Waals surface area contributed by atoms with Crippen molar-refractivity contribution < 1.29 is 14.3 Å². The zero-order valence-corrected chi connectivity index (χ0v) is 18.4. The molecule has 2 heterocycles. The van der Waals surface area contributed by atoms with Crippen LogP contribution in [0.1, 0.15) is 36.8 Å². The number of likely N-dealkylation sites (tertiary alicyclic amines) is 1. The SMILES string of the molecule is C=CCNC(=O)N[C@@H]1CC[C@@]2(c3ccc4c(c3)OCO4)CCN(Cc3ccccc3)[C@@H]2C1. The van der Waals surface area contributed by atoms with E-state index in [4.69, 9.17) is 9.47 Å². The third-order valence-electron chi connectivity index (χ3n) is 7.29. The largest absolute Gasteiger partial charge is 0.454 e. The molecule has 1 saturated carbocycles. The lowest BCUT2D eigenvalue weighted by atomic mass is 9.65. The first kappa shape index (κ1) is 20.9. The predicted octanol–water partition coefficient (Wildman–Crippen LogP) is 3.97. The lowest BCUT2D eigenvalue weighted by Crippen LogP contribution is -2.53. The van der Waals surface area contributed by atoms with Gasteiger partial charge in [-0.05, 0) is 55.5 Å². The van der Waals surface area contributed by atoms with Gasteiger partial charge in [0.2, 0.25) is 6.79 Å². The van der Waals surface area contributed by atoms with Crippen LogP contribution in [0.2, 0.25) is 0 Å². The summed E-state index contributed by atoms with van der Waals surface area (Å²) in [6, 6.07) is 17.5. The van der Waals surface area contributed by atoms with Gasteiger partial charge in [-0.1, -0.05) is 42.5 Å². The zero-order chi connectivity index (χ0) is 22.0. The standard InChI is InChI=1S/C26H31N3O3/c1-2-13-27-25(30)28-21-10-11-26(20-8-9-22-23(15-20)32-18-31-22)12-14-29(24(26)16-21)17-19-6-4-3-5-7-19/h2-9,15,21,24H,1,10-14,16-18H2,(H2,27,28,30)/t21-,24-,26+/m1/s1. The molecular formula is C26H31N3O3. The molecule has 2 N–H and O–H groups in total. The minimum absolute atomic E-state index is 0.0610. The van der Waals surface area contributed by atoms with Gasteiger partial charge < -0.3 is 20.1 Å². The first-order chi connectivity index (χ1) is 15.7. The maximum absolute atomic E-state index is 12.3. The summed E-state index contributed by atoms with van der Waals surface area (Å²) in [7, 11) is 0. The summed E-state index contributed by atoms with van der Waals surface area (Å²) in [6.07, 6.45) is 5.74. The van der Waals surface area contributed by atoms with Crippen LogP contribution in [0.15, 0.2) is 61.2 Å². The molecule has 1 aliphatic carbocycles. The van der Waals surface area contributed by atoms with Crippen LogP contribution >= 0.6 is 0 Å². The highest BCUT2D eigenvalue weighted by Crippen LogP contribution is 2.51. The molecule has 2 fully saturated rings. The Morgan fingerprint density at radius 2 is 2.00 bits per heavy atom. The summed E-state index contributed by atoms with van der Waals surface area (Å²) in [5.41, 5.74) is 2.72. The van der Waals surface area contributed by atoms with Crippen LogP contribution in [0.3, 0.4) is 0 Å². The minimum atomic E-state index is -0.113. The maximum Gasteiger partial charge on any atom is 0.315 e. The van der Waals surface area contributed by atoms with Crippen LogP contribution < -0.4 is 20.1 Å². The van der Waals surface area contributed by atoms with E-state index in [1.807, 2.05) is 0 Å². The van der Waals surface area contributed by atoms with E-state index in [1.54, 1.807) is 6.08 Å². The monoisotopic (exact) mass is 433 g/mol. The van der Waals surface area contributed by atoms with E-state index in [9.17, 15) is 4.79 Å². The summed E-state index contributed by atoms with van der Waals surface area (Å²) < 4.78 is 11.2. The highest BCUT2D eigenvalue weighted by Gasteiger charge is 2.51. The number of hydrogen-bond acceptors (Lipinski definition) is 4. The second-order valence-corrected chi connectivity index (χ2v) is 9.06. The van der Waals surface area contributed by atoms with Crippen LogP contribution in [0.4, 0.5) is 4.79 Å². The molecule has 0 aromatic heterocycles. The van der Waals surface area contributed by atoms with Crippen LogP contribution in [0, 0.1) is 0 Å². The van der Waals surface area contributed by atoms with Gasteiger partial charge in [0.1, 0.15) is 0 Å². The van der Waals surface area contributed by atoms with E-state index in [1.165, 1.54) is 11.1 Å². The molecule has 3 aliphatic rings. The van der Waals surface area contributed by atoms with Crippen LogP contribution in [0.5, 0.6) is 11.5 Å². The number of nitrogens with one attached hydrogen (secondary N) is 2. The Balaban J connectivity index is 1.40. The van der Waals surface area contributed by atoms with Crippen molar-refractivity contribution in [1.82, 2.24) is 15.5 Å². The molecule has 2 aromatic rings. The Morgan fingerprint density at radius 3 is 2.84 bits per heavy atom. The Hall–Kier alpha value is -2.99. The highest BCUT2D eigenvalue weighted by molar-refractivity contribution is 5.74. The van der Waals surface area contributed by atoms with E-state index in [2.05, 4.69) is 70.6 Å². The molecule has 0 unspecified atom stereocenters. The molecule has 6 heteroatoms. The number of rotatable bonds is 6. The van der Waals surface area contributed by atoms with Crippen molar-refractivity contribution in [3.63, 3.8) is 0 Å². The van der Waals surface area contributed by atoms with Gasteiger partial charge in [-0.2, -0.15) is 0 Å². The fourth-order valence-corrected chi connectivity index (χ4v) is 5.73. The second-order valence-electron chi connectivity index (χ2n) is 9.06. The maximum atomic E-state index is 12.3. The first-order valence-corrected chi connectivity index (χ1v) is 11.5. The summed E-state index contributed by atoms with van der Waals surface area (Å²) >= 11 is 0. The summed E-state index contributed by atoms with van der Waals surface area (Å²) in [6.45, 7) is 6.41. The molecule has 3 atom stereocenters. The summed E-state index contributed by atoms with van der Waals surface area (Å²) in [5, 5.41) is 6.04. The Labute approximate surface area is 189 Å². The van der Waals surface area contributed by atoms with E-state index in [-0.39, 0.29) is 17.5 Å². The van der Waals surface area contributed by atoms with Gasteiger partial charge in [-0.15, -0.1) is 6.58 Å². The van der Waals surface area contributed by atoms with Gasteiger partial charge in [0.15, 0.2) is 11.5 Å². The number of carbonyl (C=O) groups is 1. The second kappa shape index (κ2) is 8.87.